The lowest BCUT2D eigenvalue weighted by Crippen LogP contribution is -2.30. The molecule has 0 saturated carbocycles. The lowest BCUT2D eigenvalue weighted by atomic mass is 10.1. The molecule has 0 radical (unpaired) electrons. The maximum Gasteiger partial charge on any atom is 0.319 e. The number of aromatic nitrogens is 3. The van der Waals surface area contributed by atoms with Crippen LogP contribution in [0.5, 0.6) is 0 Å². The first-order valence-corrected chi connectivity index (χ1v) is 7.94. The highest BCUT2D eigenvalue weighted by atomic mass is 16.3. The van der Waals surface area contributed by atoms with Gasteiger partial charge in [0, 0.05) is 12.7 Å². The standard InChI is InChI=1S/C18H19N5O2/c24-12-14-6-4-13(5-7-14)8-10-20-18(25)22-16-11-21-23-17(16)15-3-1-2-9-19-15/h1-7,9,11,24H,8,10,12H2,(H,21,23)(H2,20,22,25). The number of aromatic amines is 1. The lowest BCUT2D eigenvalue weighted by molar-refractivity contribution is 0.252. The number of pyridine rings is 1. The smallest absolute Gasteiger partial charge is 0.319 e. The van der Waals surface area contributed by atoms with Crippen molar-refractivity contribution in [3.63, 3.8) is 0 Å². The topological polar surface area (TPSA) is 103 Å². The zero-order chi connectivity index (χ0) is 17.5. The van der Waals surface area contributed by atoms with Crippen molar-refractivity contribution in [2.24, 2.45) is 0 Å². The van der Waals surface area contributed by atoms with Gasteiger partial charge in [0.1, 0.15) is 5.69 Å². The van der Waals surface area contributed by atoms with Crippen LogP contribution < -0.4 is 10.6 Å². The number of carbonyl (C=O) groups excluding carboxylic acids is 1. The van der Waals surface area contributed by atoms with Gasteiger partial charge >= 0.3 is 6.03 Å². The summed E-state index contributed by atoms with van der Waals surface area (Å²) in [6.45, 7) is 0.533. The Morgan fingerprint density at radius 2 is 1.92 bits per heavy atom. The molecule has 3 rings (SSSR count). The van der Waals surface area contributed by atoms with Crippen LogP contribution in [-0.2, 0) is 13.0 Å². The van der Waals surface area contributed by atoms with Gasteiger partial charge in [0.05, 0.1) is 24.2 Å². The molecule has 2 heterocycles. The molecule has 3 aromatic rings. The van der Waals surface area contributed by atoms with Crippen molar-refractivity contribution in [3.8, 4) is 11.4 Å². The molecular formula is C18H19N5O2. The summed E-state index contributed by atoms with van der Waals surface area (Å²) in [7, 11) is 0. The van der Waals surface area contributed by atoms with Crippen molar-refractivity contribution in [1.82, 2.24) is 20.5 Å². The quantitative estimate of drug-likeness (QED) is 0.554. The van der Waals surface area contributed by atoms with Crippen molar-refractivity contribution in [3.05, 3.63) is 66.0 Å². The molecule has 0 atom stereocenters. The van der Waals surface area contributed by atoms with Gasteiger partial charge in [-0.1, -0.05) is 30.3 Å². The fraction of sp³-hybridized carbons (Fsp3) is 0.167. The highest BCUT2D eigenvalue weighted by Gasteiger charge is 2.11. The van der Waals surface area contributed by atoms with E-state index < -0.39 is 0 Å². The average molecular weight is 337 g/mol. The Labute approximate surface area is 145 Å². The van der Waals surface area contributed by atoms with E-state index in [1.807, 2.05) is 42.5 Å². The molecule has 1 aromatic carbocycles. The van der Waals surface area contributed by atoms with E-state index in [2.05, 4.69) is 25.8 Å². The molecule has 0 spiro atoms. The molecule has 7 heteroatoms. The van der Waals surface area contributed by atoms with Gasteiger partial charge in [-0.15, -0.1) is 0 Å². The van der Waals surface area contributed by atoms with Gasteiger partial charge in [0.15, 0.2) is 0 Å². The number of hydrogen-bond acceptors (Lipinski definition) is 4. The van der Waals surface area contributed by atoms with E-state index in [1.54, 1.807) is 12.4 Å². The van der Waals surface area contributed by atoms with Crippen LogP contribution in [-0.4, -0.2) is 32.9 Å². The molecule has 0 fully saturated rings. The van der Waals surface area contributed by atoms with E-state index >= 15 is 0 Å². The number of urea groups is 1. The summed E-state index contributed by atoms with van der Waals surface area (Å²) in [5.74, 6) is 0. The third-order valence-corrected chi connectivity index (χ3v) is 3.71. The number of aliphatic hydroxyl groups is 1. The molecule has 128 valence electrons. The maximum atomic E-state index is 12.1. The van der Waals surface area contributed by atoms with Crippen molar-refractivity contribution in [2.75, 3.05) is 11.9 Å². The SMILES string of the molecule is O=C(NCCc1ccc(CO)cc1)Nc1cn[nH]c1-c1ccccn1. The predicted molar refractivity (Wildman–Crippen MR) is 94.9 cm³/mol. The highest BCUT2D eigenvalue weighted by Crippen LogP contribution is 2.22. The Morgan fingerprint density at radius 1 is 1.12 bits per heavy atom. The number of nitrogens with one attached hydrogen (secondary N) is 3. The summed E-state index contributed by atoms with van der Waals surface area (Å²) in [5, 5.41) is 21.4. The Kier molecular flexibility index (Phi) is 5.38. The number of anilines is 1. The second-order valence-electron chi connectivity index (χ2n) is 5.48. The minimum atomic E-state index is -0.300. The number of H-pyrrole nitrogens is 1. The Bertz CT molecular complexity index is 815. The van der Waals surface area contributed by atoms with Gasteiger partial charge in [-0.25, -0.2) is 4.79 Å². The first-order chi connectivity index (χ1) is 12.3. The summed E-state index contributed by atoms with van der Waals surface area (Å²) in [6.07, 6.45) is 3.94. The second-order valence-corrected chi connectivity index (χ2v) is 5.48. The third kappa shape index (κ3) is 4.42. The largest absolute Gasteiger partial charge is 0.392 e. The maximum absolute atomic E-state index is 12.1. The molecule has 2 aromatic heterocycles. The number of aliphatic hydroxyl groups excluding tert-OH is 1. The van der Waals surface area contributed by atoms with Gasteiger partial charge in [-0.2, -0.15) is 5.10 Å². The van der Waals surface area contributed by atoms with Gasteiger partial charge in [-0.05, 0) is 29.7 Å². The third-order valence-electron chi connectivity index (χ3n) is 3.71. The Hall–Kier alpha value is -3.19. The van der Waals surface area contributed by atoms with Gasteiger partial charge in [-0.3, -0.25) is 10.1 Å². The van der Waals surface area contributed by atoms with Crippen molar-refractivity contribution < 1.29 is 9.90 Å². The number of carbonyl (C=O) groups is 1. The summed E-state index contributed by atoms with van der Waals surface area (Å²) in [6, 6.07) is 12.9. The van der Waals surface area contributed by atoms with Crippen LogP contribution in [0.25, 0.3) is 11.4 Å². The summed E-state index contributed by atoms with van der Waals surface area (Å²) < 4.78 is 0. The molecule has 0 bridgehead atoms. The molecule has 4 N–H and O–H groups in total. The van der Waals surface area contributed by atoms with E-state index in [0.29, 0.717) is 30.0 Å². The molecule has 0 aliphatic carbocycles. The van der Waals surface area contributed by atoms with Gasteiger partial charge in [0.25, 0.3) is 0 Å². The van der Waals surface area contributed by atoms with E-state index in [-0.39, 0.29) is 12.6 Å². The first kappa shape index (κ1) is 16.7. The zero-order valence-corrected chi connectivity index (χ0v) is 13.6. The minimum Gasteiger partial charge on any atom is -0.392 e. The second kappa shape index (κ2) is 8.07. The number of amides is 2. The molecule has 7 nitrogen and oxygen atoms in total. The average Bonchev–Trinajstić information content (AvgIpc) is 3.11. The van der Waals surface area contributed by atoms with Crippen LogP contribution in [0.4, 0.5) is 10.5 Å². The van der Waals surface area contributed by atoms with Gasteiger partial charge < -0.3 is 15.7 Å². The van der Waals surface area contributed by atoms with Crippen molar-refractivity contribution in [1.29, 1.82) is 0 Å². The number of hydrogen-bond donors (Lipinski definition) is 4. The van der Waals surface area contributed by atoms with E-state index in [0.717, 1.165) is 11.1 Å². The normalized spacial score (nSPS) is 10.4. The van der Waals surface area contributed by atoms with Gasteiger partial charge in [0.2, 0.25) is 0 Å². The summed E-state index contributed by atoms with van der Waals surface area (Å²) >= 11 is 0. The first-order valence-electron chi connectivity index (χ1n) is 7.94. The lowest BCUT2D eigenvalue weighted by Gasteiger charge is -2.08. The number of benzene rings is 1. The zero-order valence-electron chi connectivity index (χ0n) is 13.6. The molecule has 0 aliphatic rings. The van der Waals surface area contributed by atoms with Crippen LogP contribution in [0.15, 0.2) is 54.9 Å². The molecule has 0 unspecified atom stereocenters. The monoisotopic (exact) mass is 337 g/mol. The Morgan fingerprint density at radius 3 is 2.64 bits per heavy atom. The molecular weight excluding hydrogens is 318 g/mol. The fourth-order valence-corrected chi connectivity index (χ4v) is 2.39. The van der Waals surface area contributed by atoms with Crippen molar-refractivity contribution in [2.45, 2.75) is 13.0 Å². The summed E-state index contributed by atoms with van der Waals surface area (Å²) in [4.78, 5) is 16.3. The van der Waals surface area contributed by atoms with E-state index in [4.69, 9.17) is 5.11 Å². The molecule has 0 saturated heterocycles. The van der Waals surface area contributed by atoms with Crippen LogP contribution in [0.1, 0.15) is 11.1 Å². The predicted octanol–water partition coefficient (Wildman–Crippen LogP) is 2.33. The van der Waals surface area contributed by atoms with Crippen LogP contribution in [0.3, 0.4) is 0 Å². The van der Waals surface area contributed by atoms with Crippen LogP contribution in [0, 0.1) is 0 Å². The summed E-state index contributed by atoms with van der Waals surface area (Å²) in [5.41, 5.74) is 3.91. The molecule has 2 amide bonds. The minimum absolute atomic E-state index is 0.0320. The number of rotatable bonds is 6. The van der Waals surface area contributed by atoms with Crippen LogP contribution in [0.2, 0.25) is 0 Å². The Balaban J connectivity index is 1.52. The fourth-order valence-electron chi connectivity index (χ4n) is 2.39. The highest BCUT2D eigenvalue weighted by molar-refractivity contribution is 5.92. The van der Waals surface area contributed by atoms with E-state index in [1.165, 1.54) is 0 Å². The van der Waals surface area contributed by atoms with E-state index in [9.17, 15) is 4.79 Å². The molecule has 25 heavy (non-hydrogen) atoms. The molecule has 0 aliphatic heterocycles. The number of nitrogens with zero attached hydrogens (tertiary/aromatic N) is 2. The van der Waals surface area contributed by atoms with Crippen molar-refractivity contribution >= 4 is 11.7 Å². The van der Waals surface area contributed by atoms with Crippen LogP contribution >= 0.6 is 0 Å².